The Balaban J connectivity index is 2.25. The topological polar surface area (TPSA) is 138 Å². The molecule has 0 spiro atoms. The molecule has 0 atom stereocenters. The van der Waals surface area contributed by atoms with E-state index in [1.807, 2.05) is 0 Å². The molecule has 0 unspecified atom stereocenters. The van der Waals surface area contributed by atoms with Crippen LogP contribution in [0.4, 0.5) is 5.69 Å². The Labute approximate surface area is 122 Å². The van der Waals surface area contributed by atoms with Gasteiger partial charge in [0, 0.05) is 13.2 Å². The molecule has 2 heterocycles. The molecule has 0 aliphatic heterocycles. The normalized spacial score (nSPS) is 11.5. The van der Waals surface area contributed by atoms with E-state index in [0.29, 0.717) is 0 Å². The van der Waals surface area contributed by atoms with Crippen LogP contribution >= 0.6 is 15.9 Å². The van der Waals surface area contributed by atoms with Gasteiger partial charge in [0.2, 0.25) is 10.9 Å². The number of sulfonamides is 1. The molecule has 20 heavy (non-hydrogen) atoms. The molecule has 3 N–H and O–H groups in total. The third kappa shape index (κ3) is 2.96. The summed E-state index contributed by atoms with van der Waals surface area (Å²) in [5, 5.41) is 10.9. The lowest BCUT2D eigenvalue weighted by Gasteiger charge is -2.05. The molecular weight excluding hydrogens is 354 g/mol. The first-order valence-corrected chi connectivity index (χ1v) is 7.46. The lowest BCUT2D eigenvalue weighted by Crippen LogP contribution is -2.19. The molecule has 0 aromatic carbocycles. The molecule has 1 amide bonds. The van der Waals surface area contributed by atoms with E-state index in [1.54, 1.807) is 0 Å². The van der Waals surface area contributed by atoms with Crippen LogP contribution in [0.25, 0.3) is 0 Å². The summed E-state index contributed by atoms with van der Waals surface area (Å²) >= 11 is 3.01. The smallest absolute Gasteiger partial charge is 0.282 e. The largest absolute Gasteiger partial charge is 0.368 e. The fourth-order valence-electron chi connectivity index (χ4n) is 1.47. The minimum Gasteiger partial charge on any atom is -0.368 e. The maximum atomic E-state index is 12.2. The second-order valence-corrected chi connectivity index (χ2v) is 6.16. The van der Waals surface area contributed by atoms with E-state index in [-0.39, 0.29) is 21.9 Å². The predicted molar refractivity (Wildman–Crippen MR) is 70.9 cm³/mol. The van der Waals surface area contributed by atoms with E-state index in [9.17, 15) is 13.2 Å². The van der Waals surface area contributed by atoms with Crippen molar-refractivity contribution in [2.45, 2.75) is 11.6 Å². The number of nitrogens with one attached hydrogen (secondary N) is 1. The van der Waals surface area contributed by atoms with Crippen LogP contribution in [0.5, 0.6) is 0 Å². The molecular formula is C8H10BrN7O3S. The Morgan fingerprint density at radius 2 is 2.25 bits per heavy atom. The van der Waals surface area contributed by atoms with Gasteiger partial charge in [-0.1, -0.05) is 5.21 Å². The van der Waals surface area contributed by atoms with Gasteiger partial charge >= 0.3 is 0 Å². The van der Waals surface area contributed by atoms with Crippen LogP contribution in [0.3, 0.4) is 0 Å². The van der Waals surface area contributed by atoms with E-state index in [0.717, 1.165) is 4.68 Å². The van der Waals surface area contributed by atoms with Crippen molar-refractivity contribution in [2.75, 3.05) is 4.72 Å². The van der Waals surface area contributed by atoms with Crippen LogP contribution in [-0.4, -0.2) is 39.1 Å². The Bertz CT molecular complexity index is 730. The summed E-state index contributed by atoms with van der Waals surface area (Å²) in [5.41, 5.74) is 5.21. The zero-order valence-electron chi connectivity index (χ0n) is 10.2. The standard InChI is InChI=1S/C8H10BrN7O3S/c1-15-8(7(9)12-14-15)20(18,19)13-5-2-11-16(3-5)4-6(10)17/h2-3,13H,4H2,1H3,(H2,10,17). The highest BCUT2D eigenvalue weighted by molar-refractivity contribution is 9.10. The number of anilines is 1. The summed E-state index contributed by atoms with van der Waals surface area (Å²) in [6, 6.07) is 0. The van der Waals surface area contributed by atoms with Crippen molar-refractivity contribution in [3.8, 4) is 0 Å². The van der Waals surface area contributed by atoms with Gasteiger partial charge in [-0.25, -0.2) is 4.68 Å². The molecule has 0 fully saturated rings. The van der Waals surface area contributed by atoms with Crippen LogP contribution < -0.4 is 10.5 Å². The van der Waals surface area contributed by atoms with Gasteiger partial charge in [-0.15, -0.1) is 5.10 Å². The Morgan fingerprint density at radius 1 is 1.55 bits per heavy atom. The first-order chi connectivity index (χ1) is 9.29. The number of hydrogen-bond donors (Lipinski definition) is 2. The van der Waals surface area contributed by atoms with Crippen LogP contribution in [0.2, 0.25) is 0 Å². The van der Waals surface area contributed by atoms with Crippen molar-refractivity contribution in [3.05, 3.63) is 17.0 Å². The molecule has 0 saturated heterocycles. The summed E-state index contributed by atoms with van der Waals surface area (Å²) in [6.45, 7) is -0.140. The van der Waals surface area contributed by atoms with Gasteiger partial charge in [-0.05, 0) is 15.9 Å². The summed E-state index contributed by atoms with van der Waals surface area (Å²) in [4.78, 5) is 10.7. The van der Waals surface area contributed by atoms with Crippen molar-refractivity contribution in [3.63, 3.8) is 0 Å². The third-order valence-electron chi connectivity index (χ3n) is 2.19. The molecule has 108 valence electrons. The molecule has 0 bridgehead atoms. The van der Waals surface area contributed by atoms with Crippen molar-refractivity contribution < 1.29 is 13.2 Å². The maximum absolute atomic E-state index is 12.2. The van der Waals surface area contributed by atoms with Crippen LogP contribution in [-0.2, 0) is 28.4 Å². The molecule has 12 heteroatoms. The number of primary amides is 1. The predicted octanol–water partition coefficient (Wildman–Crippen LogP) is -0.940. The molecule has 0 aliphatic carbocycles. The number of aryl methyl sites for hydroxylation is 1. The van der Waals surface area contributed by atoms with Crippen molar-refractivity contribution in [1.82, 2.24) is 24.8 Å². The van der Waals surface area contributed by atoms with E-state index >= 15 is 0 Å². The summed E-state index contributed by atoms with van der Waals surface area (Å²) < 4.78 is 29.1. The fraction of sp³-hybridized carbons (Fsp3) is 0.250. The van der Waals surface area contributed by atoms with Gasteiger partial charge in [-0.2, -0.15) is 13.5 Å². The third-order valence-corrected chi connectivity index (χ3v) is 4.46. The lowest BCUT2D eigenvalue weighted by molar-refractivity contribution is -0.118. The number of carbonyl (C=O) groups is 1. The lowest BCUT2D eigenvalue weighted by atomic mass is 10.6. The fourth-order valence-corrected chi connectivity index (χ4v) is 3.60. The molecule has 10 nitrogen and oxygen atoms in total. The Kier molecular flexibility index (Phi) is 3.76. The minimum atomic E-state index is -3.87. The monoisotopic (exact) mass is 363 g/mol. The number of nitrogens with zero attached hydrogens (tertiary/aromatic N) is 5. The average molecular weight is 364 g/mol. The van der Waals surface area contributed by atoms with Crippen LogP contribution in [0.15, 0.2) is 22.0 Å². The van der Waals surface area contributed by atoms with Crippen molar-refractivity contribution >= 4 is 37.5 Å². The molecule has 2 aromatic heterocycles. The zero-order valence-corrected chi connectivity index (χ0v) is 12.6. The molecule has 2 rings (SSSR count). The van der Waals surface area contributed by atoms with Crippen LogP contribution in [0, 0.1) is 0 Å². The molecule has 2 aromatic rings. The van der Waals surface area contributed by atoms with Gasteiger partial charge in [0.1, 0.15) is 6.54 Å². The second-order valence-electron chi connectivity index (χ2n) is 3.81. The number of nitrogens with two attached hydrogens (primary N) is 1. The SMILES string of the molecule is Cn1nnc(Br)c1S(=O)(=O)Nc1cnn(CC(N)=O)c1. The van der Waals surface area contributed by atoms with Crippen molar-refractivity contribution in [2.24, 2.45) is 12.8 Å². The van der Waals surface area contributed by atoms with Gasteiger partial charge in [0.05, 0.1) is 11.9 Å². The number of halogens is 1. The summed E-state index contributed by atoms with van der Waals surface area (Å²) in [7, 11) is -2.43. The first kappa shape index (κ1) is 14.5. The number of hydrogen-bond acceptors (Lipinski definition) is 6. The maximum Gasteiger partial charge on any atom is 0.282 e. The quantitative estimate of drug-likeness (QED) is 0.702. The van der Waals surface area contributed by atoms with Gasteiger partial charge in [0.25, 0.3) is 10.0 Å². The van der Waals surface area contributed by atoms with Gasteiger partial charge in [-0.3, -0.25) is 14.2 Å². The molecule has 0 radical (unpaired) electrons. The van der Waals surface area contributed by atoms with E-state index in [4.69, 9.17) is 5.73 Å². The molecule has 0 saturated carbocycles. The van der Waals surface area contributed by atoms with Crippen molar-refractivity contribution in [1.29, 1.82) is 0 Å². The summed E-state index contributed by atoms with van der Waals surface area (Å²) in [6.07, 6.45) is 2.61. The van der Waals surface area contributed by atoms with Gasteiger partial charge < -0.3 is 5.73 Å². The zero-order chi connectivity index (χ0) is 14.9. The number of aromatic nitrogens is 5. The number of rotatable bonds is 5. The van der Waals surface area contributed by atoms with E-state index < -0.39 is 15.9 Å². The number of carbonyl (C=O) groups excluding carboxylic acids is 1. The first-order valence-electron chi connectivity index (χ1n) is 5.18. The van der Waals surface area contributed by atoms with E-state index in [1.165, 1.54) is 24.1 Å². The highest BCUT2D eigenvalue weighted by Crippen LogP contribution is 2.20. The Hall–Kier alpha value is -1.95. The summed E-state index contributed by atoms with van der Waals surface area (Å²) in [5.74, 6) is -0.582. The highest BCUT2D eigenvalue weighted by atomic mass is 79.9. The molecule has 0 aliphatic rings. The minimum absolute atomic E-state index is 0.0945. The average Bonchev–Trinajstić information content (AvgIpc) is 2.85. The Morgan fingerprint density at radius 3 is 2.80 bits per heavy atom. The highest BCUT2D eigenvalue weighted by Gasteiger charge is 2.24. The number of amides is 1. The second kappa shape index (κ2) is 5.20. The van der Waals surface area contributed by atoms with Gasteiger partial charge in [0.15, 0.2) is 4.60 Å². The van der Waals surface area contributed by atoms with Crippen LogP contribution in [0.1, 0.15) is 0 Å². The van der Waals surface area contributed by atoms with E-state index in [2.05, 4.69) is 36.1 Å².